The van der Waals surface area contributed by atoms with Crippen LogP contribution in [0.1, 0.15) is 39.4 Å². The number of nitrogens with zero attached hydrogens (tertiary/aromatic N) is 1. The number of rotatable bonds is 14. The number of carbonyl (C=O) groups excluding carboxylic acids is 2. The minimum absolute atomic E-state index is 0.222. The topological polar surface area (TPSA) is 117 Å². The maximum atomic E-state index is 13.6. The molecule has 8 nitrogen and oxygen atoms in total. The molecule has 1 aromatic heterocycles. The molecule has 3 aromatic carbocycles. The number of anilines is 1. The van der Waals surface area contributed by atoms with Crippen molar-refractivity contribution < 1.29 is 45.8 Å². The predicted molar refractivity (Wildman–Crippen MR) is 188 cm³/mol. The van der Waals surface area contributed by atoms with Crippen molar-refractivity contribution in [3.05, 3.63) is 118 Å². The van der Waals surface area contributed by atoms with Crippen LogP contribution in [-0.2, 0) is 20.7 Å². The molecule has 0 aliphatic heterocycles. The van der Waals surface area contributed by atoms with Crippen LogP contribution >= 0.6 is 23.3 Å². The Labute approximate surface area is 301 Å². The van der Waals surface area contributed by atoms with Crippen LogP contribution in [0.2, 0.25) is 0 Å². The molecule has 0 fully saturated rings. The second-order valence-corrected chi connectivity index (χ2v) is 12.9. The van der Waals surface area contributed by atoms with Gasteiger partial charge in [0.05, 0.1) is 32.7 Å². The van der Waals surface area contributed by atoms with Crippen LogP contribution < -0.4 is 16.4 Å². The lowest BCUT2D eigenvalue weighted by Gasteiger charge is -2.29. The first-order valence-corrected chi connectivity index (χ1v) is 16.9. The normalized spacial score (nSPS) is 12.4. The number of hydrogen-bond donors (Lipinski definition) is 4. The van der Waals surface area contributed by atoms with Gasteiger partial charge in [-0.25, -0.2) is 4.31 Å². The second-order valence-electron chi connectivity index (χ2n) is 10.7. The molecule has 1 amide bonds. The number of nitrogens with one attached hydrogen (secondary N) is 2. The van der Waals surface area contributed by atoms with Crippen LogP contribution in [0, 0.1) is 0 Å². The first-order chi connectivity index (χ1) is 24.2. The lowest BCUT2D eigenvalue weighted by Crippen LogP contribution is -2.41. The number of ether oxygens (including phenoxy) is 1. The van der Waals surface area contributed by atoms with E-state index in [0.717, 1.165) is 24.4 Å². The molecule has 2 atom stereocenters. The molecule has 0 bridgehead atoms. The Kier molecular flexibility index (Phi) is 18.6. The van der Waals surface area contributed by atoms with Gasteiger partial charge in [0, 0.05) is 26.9 Å². The van der Waals surface area contributed by atoms with E-state index in [4.69, 9.17) is 10.5 Å². The van der Waals surface area contributed by atoms with Crippen LogP contribution in [-0.4, -0.2) is 68.0 Å². The number of methoxy groups -OCH3 is 1. The summed E-state index contributed by atoms with van der Waals surface area (Å²) in [6.07, 6.45) is -9.43. The van der Waals surface area contributed by atoms with Gasteiger partial charge in [0.15, 0.2) is 6.04 Å². The van der Waals surface area contributed by atoms with Crippen molar-refractivity contribution >= 4 is 41.4 Å². The van der Waals surface area contributed by atoms with E-state index in [1.165, 1.54) is 35.7 Å². The van der Waals surface area contributed by atoms with Crippen molar-refractivity contribution in [2.75, 3.05) is 39.6 Å². The number of likely N-dealkylation sites (N-methyl/N-ethyl adjacent to an activating group) is 1. The van der Waals surface area contributed by atoms with Crippen LogP contribution in [0.15, 0.2) is 102 Å². The minimum atomic E-state index is -4.80. The highest BCUT2D eigenvalue weighted by Gasteiger charge is 2.43. The SMILES string of the molecule is CNCC(=O)NC(c1ccc([C@@H](CO)N(CCC(F)(F)F)Sc2ccc(N)cc2)s1)C(F)(F)F.COC=O.c1ccc(Cc2ccccc2)cc1. The van der Waals surface area contributed by atoms with Crippen molar-refractivity contribution in [3.8, 4) is 0 Å². The van der Waals surface area contributed by atoms with E-state index in [9.17, 15) is 36.2 Å². The van der Waals surface area contributed by atoms with Crippen LogP contribution in [0.25, 0.3) is 0 Å². The van der Waals surface area contributed by atoms with Crippen LogP contribution in [0.5, 0.6) is 0 Å². The maximum Gasteiger partial charge on any atom is 0.413 e. The van der Waals surface area contributed by atoms with E-state index in [1.807, 2.05) is 5.32 Å². The summed E-state index contributed by atoms with van der Waals surface area (Å²) >= 11 is 1.59. The Bertz CT molecular complexity index is 1520. The molecule has 0 radical (unpaired) electrons. The van der Waals surface area contributed by atoms with Gasteiger partial charge in [0.25, 0.3) is 6.47 Å². The number of hydrogen-bond acceptors (Lipinski definition) is 9. The molecule has 1 heterocycles. The predicted octanol–water partition coefficient (Wildman–Crippen LogP) is 7.33. The Hall–Kier alpha value is -4.09. The fourth-order valence-corrected chi connectivity index (χ4v) is 6.58. The number of alkyl halides is 6. The van der Waals surface area contributed by atoms with Gasteiger partial charge < -0.3 is 26.2 Å². The number of carbonyl (C=O) groups is 2. The number of benzene rings is 3. The third-order valence-corrected chi connectivity index (χ3v) is 9.07. The standard InChI is InChI=1S/C20H24F6N4O2S2.C13H12.C2H4O2/c1-28-10-17(32)29-18(20(24,25)26)16-7-6-15(33-16)14(11-31)30(9-8-19(21,22)23)34-13-4-2-12(27)3-5-13;1-3-7-12(8-4-1)11-13-9-5-2-6-10-13;1-4-2-3/h2-7,14,18,28,31H,8-11,27H2,1H3,(H,29,32);1-10H,11H2;2H,1H3/t14-,18?;;/m1../s1. The third kappa shape index (κ3) is 16.7. The summed E-state index contributed by atoms with van der Waals surface area (Å²) in [6.45, 7) is -1.10. The molecule has 4 aromatic rings. The Balaban J connectivity index is 0.000000432. The number of aliphatic hydroxyl groups is 1. The quantitative estimate of drug-likeness (QED) is 0.0458. The highest BCUT2D eigenvalue weighted by molar-refractivity contribution is 7.97. The Morgan fingerprint density at radius 2 is 1.45 bits per heavy atom. The number of nitrogens with two attached hydrogens (primary N) is 1. The van der Waals surface area contributed by atoms with Crippen molar-refractivity contribution in [3.63, 3.8) is 0 Å². The molecule has 51 heavy (non-hydrogen) atoms. The smallest absolute Gasteiger partial charge is 0.413 e. The summed E-state index contributed by atoms with van der Waals surface area (Å²) in [5.41, 5.74) is 8.82. The lowest BCUT2D eigenvalue weighted by molar-refractivity contribution is -0.162. The molecule has 16 heteroatoms. The Morgan fingerprint density at radius 3 is 1.90 bits per heavy atom. The number of thiophene rings is 1. The van der Waals surface area contributed by atoms with Crippen molar-refractivity contribution in [2.45, 2.75) is 42.2 Å². The van der Waals surface area contributed by atoms with E-state index in [0.29, 0.717) is 28.4 Å². The van der Waals surface area contributed by atoms with E-state index in [1.54, 1.807) is 24.3 Å². The van der Waals surface area contributed by atoms with Crippen molar-refractivity contribution in [1.82, 2.24) is 14.9 Å². The zero-order valence-corrected chi connectivity index (χ0v) is 29.4. The van der Waals surface area contributed by atoms with Gasteiger partial charge in [-0.2, -0.15) is 26.3 Å². The average molecular weight is 759 g/mol. The van der Waals surface area contributed by atoms with Crippen molar-refractivity contribution in [2.24, 2.45) is 0 Å². The molecule has 0 spiro atoms. The lowest BCUT2D eigenvalue weighted by atomic mass is 10.1. The molecule has 4 rings (SSSR count). The van der Waals surface area contributed by atoms with Gasteiger partial charge in [0.2, 0.25) is 5.91 Å². The van der Waals surface area contributed by atoms with Gasteiger partial charge in [0.1, 0.15) is 0 Å². The monoisotopic (exact) mass is 758 g/mol. The minimum Gasteiger partial charge on any atom is -0.471 e. The van der Waals surface area contributed by atoms with E-state index >= 15 is 0 Å². The van der Waals surface area contributed by atoms with E-state index in [2.05, 4.69) is 70.7 Å². The number of halogens is 6. The highest BCUT2D eigenvalue weighted by Crippen LogP contribution is 2.41. The molecule has 0 saturated heterocycles. The van der Waals surface area contributed by atoms with Gasteiger partial charge in [-0.05, 0) is 72.9 Å². The zero-order chi connectivity index (χ0) is 37.9. The molecular formula is C35H40F6N4O4S2. The summed E-state index contributed by atoms with van der Waals surface area (Å²) in [6, 6.07) is 26.5. The molecule has 278 valence electrons. The summed E-state index contributed by atoms with van der Waals surface area (Å²) < 4.78 is 84.7. The molecule has 1 unspecified atom stereocenters. The zero-order valence-electron chi connectivity index (χ0n) is 27.8. The van der Waals surface area contributed by atoms with Gasteiger partial charge >= 0.3 is 12.4 Å². The first-order valence-electron chi connectivity index (χ1n) is 15.3. The molecular weight excluding hydrogens is 719 g/mol. The fraction of sp³-hybridized carbons (Fsp3) is 0.314. The van der Waals surface area contributed by atoms with E-state index < -0.39 is 49.9 Å². The van der Waals surface area contributed by atoms with Crippen molar-refractivity contribution in [1.29, 1.82) is 0 Å². The number of aliphatic hydroxyl groups excluding tert-OH is 1. The fourth-order valence-electron chi connectivity index (χ4n) is 4.31. The number of amides is 1. The highest BCUT2D eigenvalue weighted by atomic mass is 32.2. The summed E-state index contributed by atoms with van der Waals surface area (Å²) in [5.74, 6) is -0.871. The average Bonchev–Trinajstić information content (AvgIpc) is 3.57. The molecule has 0 saturated carbocycles. The van der Waals surface area contributed by atoms with Gasteiger partial charge in [-0.3, -0.25) is 9.59 Å². The summed E-state index contributed by atoms with van der Waals surface area (Å²) in [4.78, 5) is 21.2. The van der Waals surface area contributed by atoms with Crippen LogP contribution in [0.3, 0.4) is 0 Å². The van der Waals surface area contributed by atoms with Gasteiger partial charge in [-0.15, -0.1) is 11.3 Å². The second kappa shape index (κ2) is 22.0. The summed E-state index contributed by atoms with van der Waals surface area (Å²) in [5, 5.41) is 14.3. The summed E-state index contributed by atoms with van der Waals surface area (Å²) in [7, 11) is 2.72. The molecule has 5 N–H and O–H groups in total. The Morgan fingerprint density at radius 1 is 0.922 bits per heavy atom. The van der Waals surface area contributed by atoms with Crippen LogP contribution in [0.4, 0.5) is 32.0 Å². The maximum absolute atomic E-state index is 13.6. The molecule has 0 aliphatic carbocycles. The molecule has 0 aliphatic rings. The first kappa shape index (κ1) is 43.1. The number of nitrogen functional groups attached to an aromatic ring is 1. The third-order valence-electron chi connectivity index (χ3n) is 6.66. The van der Waals surface area contributed by atoms with Gasteiger partial charge in [-0.1, -0.05) is 60.7 Å². The largest absolute Gasteiger partial charge is 0.471 e. The van der Waals surface area contributed by atoms with E-state index in [-0.39, 0.29) is 16.3 Å².